The van der Waals surface area contributed by atoms with Crippen molar-refractivity contribution in [3.05, 3.63) is 35.9 Å². The molecule has 2 aliphatic rings. The monoisotopic (exact) mass is 246 g/mol. The van der Waals surface area contributed by atoms with Gasteiger partial charge in [0.25, 0.3) is 0 Å². The minimum absolute atomic E-state index is 0.0331. The van der Waals surface area contributed by atoms with Crippen molar-refractivity contribution in [2.24, 2.45) is 5.92 Å². The number of hydrogen-bond donors (Lipinski definition) is 1. The number of rotatable bonds is 2. The number of likely N-dealkylation sites (tertiary alicyclic amines) is 1. The van der Waals surface area contributed by atoms with Crippen LogP contribution in [-0.4, -0.2) is 36.0 Å². The van der Waals surface area contributed by atoms with Crippen LogP contribution in [0.1, 0.15) is 5.56 Å². The molecular weight excluding hydrogens is 232 g/mol. The smallest absolute Gasteiger partial charge is 0.410 e. The van der Waals surface area contributed by atoms with E-state index in [-0.39, 0.29) is 30.6 Å². The SMILES string of the molecule is O=C1N[C@@H]2CN(C(=O)OCc3ccccc3)C[C@@H]12. The molecule has 5 nitrogen and oxygen atoms in total. The van der Waals surface area contributed by atoms with Crippen LogP contribution in [0.5, 0.6) is 0 Å². The zero-order valence-electron chi connectivity index (χ0n) is 9.83. The van der Waals surface area contributed by atoms with Crippen molar-refractivity contribution in [1.29, 1.82) is 0 Å². The Morgan fingerprint density at radius 1 is 1.33 bits per heavy atom. The lowest BCUT2D eigenvalue weighted by Crippen LogP contribution is -2.57. The second kappa shape index (κ2) is 4.33. The fraction of sp³-hybridized carbons (Fsp3) is 0.385. The van der Waals surface area contributed by atoms with Crippen LogP contribution in [0.25, 0.3) is 0 Å². The molecule has 94 valence electrons. The van der Waals surface area contributed by atoms with Gasteiger partial charge < -0.3 is 15.0 Å². The maximum Gasteiger partial charge on any atom is 0.410 e. The first kappa shape index (κ1) is 11.1. The zero-order chi connectivity index (χ0) is 12.5. The van der Waals surface area contributed by atoms with Crippen LogP contribution >= 0.6 is 0 Å². The Hall–Kier alpha value is -2.04. The van der Waals surface area contributed by atoms with E-state index >= 15 is 0 Å². The van der Waals surface area contributed by atoms with Gasteiger partial charge in [-0.3, -0.25) is 4.79 Å². The van der Waals surface area contributed by atoms with Crippen LogP contribution in [0.3, 0.4) is 0 Å². The lowest BCUT2D eigenvalue weighted by molar-refractivity contribution is -0.132. The van der Waals surface area contributed by atoms with Gasteiger partial charge in [0.1, 0.15) is 6.61 Å². The third-order valence-corrected chi connectivity index (χ3v) is 3.45. The predicted octanol–water partition coefficient (Wildman–Crippen LogP) is 0.753. The summed E-state index contributed by atoms with van der Waals surface area (Å²) >= 11 is 0. The van der Waals surface area contributed by atoms with E-state index in [0.717, 1.165) is 5.56 Å². The van der Waals surface area contributed by atoms with Gasteiger partial charge in [-0.1, -0.05) is 30.3 Å². The first-order valence-electron chi connectivity index (χ1n) is 6.00. The van der Waals surface area contributed by atoms with Crippen molar-refractivity contribution in [3.8, 4) is 0 Å². The Morgan fingerprint density at radius 2 is 2.11 bits per heavy atom. The maximum atomic E-state index is 11.8. The first-order chi connectivity index (χ1) is 8.74. The van der Waals surface area contributed by atoms with Crippen LogP contribution in [-0.2, 0) is 16.1 Å². The summed E-state index contributed by atoms with van der Waals surface area (Å²) < 4.78 is 5.22. The average molecular weight is 246 g/mol. The predicted molar refractivity (Wildman–Crippen MR) is 63.6 cm³/mol. The van der Waals surface area contributed by atoms with Crippen molar-refractivity contribution < 1.29 is 14.3 Å². The van der Waals surface area contributed by atoms with E-state index in [4.69, 9.17) is 4.74 Å². The molecule has 0 radical (unpaired) electrons. The number of β-lactam (4-membered cyclic amide) rings is 1. The molecule has 3 rings (SSSR count). The Bertz CT molecular complexity index is 474. The zero-order valence-corrected chi connectivity index (χ0v) is 9.83. The van der Waals surface area contributed by atoms with E-state index in [1.165, 1.54) is 0 Å². The minimum Gasteiger partial charge on any atom is -0.445 e. The van der Waals surface area contributed by atoms with Gasteiger partial charge in [0.2, 0.25) is 5.91 Å². The molecule has 2 fully saturated rings. The summed E-state index contributed by atoms with van der Waals surface area (Å²) in [4.78, 5) is 24.6. The third-order valence-electron chi connectivity index (χ3n) is 3.45. The van der Waals surface area contributed by atoms with E-state index in [9.17, 15) is 9.59 Å². The van der Waals surface area contributed by atoms with Gasteiger partial charge in [-0.2, -0.15) is 0 Å². The van der Waals surface area contributed by atoms with Gasteiger partial charge in [0.05, 0.1) is 12.0 Å². The summed E-state index contributed by atoms with van der Waals surface area (Å²) in [5.74, 6) is 0.00707. The maximum absolute atomic E-state index is 11.8. The van der Waals surface area contributed by atoms with E-state index in [1.54, 1.807) is 4.90 Å². The number of nitrogens with one attached hydrogen (secondary N) is 1. The number of fused-ring (bicyclic) bond motifs is 1. The topological polar surface area (TPSA) is 58.6 Å². The molecule has 1 N–H and O–H groups in total. The van der Waals surface area contributed by atoms with Gasteiger partial charge in [-0.05, 0) is 5.56 Å². The highest BCUT2D eigenvalue weighted by Gasteiger charge is 2.47. The van der Waals surface area contributed by atoms with Crippen LogP contribution in [0, 0.1) is 5.92 Å². The molecule has 0 aliphatic carbocycles. The normalized spacial score (nSPS) is 25.1. The number of hydrogen-bond acceptors (Lipinski definition) is 3. The standard InChI is InChI=1S/C13H14N2O3/c16-12-10-6-15(7-11(10)14-12)13(17)18-8-9-4-2-1-3-5-9/h1-5,10-11H,6-8H2,(H,14,16)/t10-,11-/m1/s1. The van der Waals surface area contributed by atoms with Gasteiger partial charge in [-0.15, -0.1) is 0 Å². The molecule has 2 amide bonds. The molecule has 2 atom stereocenters. The summed E-state index contributed by atoms with van der Waals surface area (Å²) in [6, 6.07) is 9.67. The number of benzene rings is 1. The van der Waals surface area contributed by atoms with Gasteiger partial charge >= 0.3 is 6.09 Å². The number of carbonyl (C=O) groups is 2. The molecular formula is C13H14N2O3. The molecule has 1 aromatic rings. The molecule has 2 saturated heterocycles. The largest absolute Gasteiger partial charge is 0.445 e. The molecule has 2 aliphatic heterocycles. The quantitative estimate of drug-likeness (QED) is 0.783. The Labute approximate surface area is 105 Å². The Morgan fingerprint density at radius 3 is 2.78 bits per heavy atom. The second-order valence-electron chi connectivity index (χ2n) is 4.67. The minimum atomic E-state index is -0.345. The molecule has 2 heterocycles. The van der Waals surface area contributed by atoms with Gasteiger partial charge in [0, 0.05) is 13.1 Å². The Kier molecular flexibility index (Phi) is 2.66. The molecule has 0 saturated carbocycles. The highest BCUT2D eigenvalue weighted by molar-refractivity contribution is 5.88. The molecule has 0 spiro atoms. The highest BCUT2D eigenvalue weighted by atomic mass is 16.6. The van der Waals surface area contributed by atoms with Crippen LogP contribution < -0.4 is 5.32 Å². The summed E-state index contributed by atoms with van der Waals surface area (Å²) in [7, 11) is 0. The molecule has 18 heavy (non-hydrogen) atoms. The number of ether oxygens (including phenoxy) is 1. The molecule has 0 bridgehead atoms. The molecule has 5 heteroatoms. The summed E-state index contributed by atoms with van der Waals surface area (Å²) in [5.41, 5.74) is 0.960. The summed E-state index contributed by atoms with van der Waals surface area (Å²) in [6.07, 6.45) is -0.345. The van der Waals surface area contributed by atoms with Gasteiger partial charge in [-0.25, -0.2) is 4.79 Å². The van der Waals surface area contributed by atoms with Gasteiger partial charge in [0.15, 0.2) is 0 Å². The van der Waals surface area contributed by atoms with E-state index in [2.05, 4.69) is 5.32 Å². The average Bonchev–Trinajstić information content (AvgIpc) is 2.74. The van der Waals surface area contributed by atoms with E-state index in [1.807, 2.05) is 30.3 Å². The number of nitrogens with zero attached hydrogens (tertiary/aromatic N) is 1. The third kappa shape index (κ3) is 1.92. The number of carbonyl (C=O) groups excluding carboxylic acids is 2. The molecule has 0 unspecified atom stereocenters. The fourth-order valence-electron chi connectivity index (χ4n) is 2.37. The Balaban J connectivity index is 1.52. The van der Waals surface area contributed by atoms with Crippen molar-refractivity contribution in [1.82, 2.24) is 10.2 Å². The van der Waals surface area contributed by atoms with Crippen molar-refractivity contribution in [2.75, 3.05) is 13.1 Å². The van der Waals surface area contributed by atoms with Crippen molar-refractivity contribution in [3.63, 3.8) is 0 Å². The van der Waals surface area contributed by atoms with E-state index in [0.29, 0.717) is 13.1 Å². The lowest BCUT2D eigenvalue weighted by atomic mass is 9.95. The van der Waals surface area contributed by atoms with Crippen LogP contribution in [0.4, 0.5) is 4.79 Å². The van der Waals surface area contributed by atoms with E-state index < -0.39 is 0 Å². The lowest BCUT2D eigenvalue weighted by Gasteiger charge is -2.28. The second-order valence-corrected chi connectivity index (χ2v) is 4.67. The molecule has 1 aromatic carbocycles. The highest BCUT2D eigenvalue weighted by Crippen LogP contribution is 2.25. The van der Waals surface area contributed by atoms with Crippen molar-refractivity contribution >= 4 is 12.0 Å². The first-order valence-corrected chi connectivity index (χ1v) is 6.00. The van der Waals surface area contributed by atoms with Crippen LogP contribution in [0.15, 0.2) is 30.3 Å². The summed E-state index contributed by atoms with van der Waals surface area (Å²) in [6.45, 7) is 1.31. The van der Waals surface area contributed by atoms with Crippen molar-refractivity contribution in [2.45, 2.75) is 12.6 Å². The molecule has 0 aromatic heterocycles. The summed E-state index contributed by atoms with van der Waals surface area (Å²) in [5, 5.41) is 2.77. The fourth-order valence-corrected chi connectivity index (χ4v) is 2.37. The van der Waals surface area contributed by atoms with Crippen LogP contribution in [0.2, 0.25) is 0 Å². The number of amides is 2.